The molecule has 0 bridgehead atoms. The summed E-state index contributed by atoms with van der Waals surface area (Å²) in [6.07, 6.45) is 4.87. The van der Waals surface area contributed by atoms with Gasteiger partial charge in [-0.1, -0.05) is 12.1 Å². The van der Waals surface area contributed by atoms with Crippen molar-refractivity contribution in [3.05, 3.63) is 35.6 Å². The number of hydrogen-bond donors (Lipinski definition) is 2. The molecule has 0 heterocycles. The van der Waals surface area contributed by atoms with Crippen LogP contribution in [0.5, 0.6) is 0 Å². The Labute approximate surface area is 167 Å². The Morgan fingerprint density at radius 3 is 2.56 bits per heavy atom. The molecule has 0 aliphatic heterocycles. The Balaban J connectivity index is 0.00000225. The molecule has 2 aliphatic rings. The Bertz CT molecular complexity index is 595. The molecule has 2 aliphatic carbocycles. The maximum atomic E-state index is 13.5. The van der Waals surface area contributed by atoms with Gasteiger partial charge in [0.15, 0.2) is 5.96 Å². The van der Waals surface area contributed by atoms with Crippen LogP contribution in [0.3, 0.4) is 0 Å². The molecule has 2 saturated carbocycles. The summed E-state index contributed by atoms with van der Waals surface area (Å²) in [5.74, 6) is 1.50. The summed E-state index contributed by atoms with van der Waals surface area (Å²) in [5, 5.41) is 6.90. The largest absolute Gasteiger partial charge is 0.356 e. The third kappa shape index (κ3) is 5.29. The van der Waals surface area contributed by atoms with Gasteiger partial charge in [0.05, 0.1) is 0 Å². The van der Waals surface area contributed by atoms with E-state index in [0.29, 0.717) is 6.04 Å². The fraction of sp³-hybridized carbons (Fsp3) is 0.632. The first kappa shape index (κ1) is 20.4. The number of hydrogen-bond acceptors (Lipinski definition) is 2. The molecular formula is C19H30FIN4. The van der Waals surface area contributed by atoms with Crippen molar-refractivity contribution in [2.24, 2.45) is 10.9 Å². The highest BCUT2D eigenvalue weighted by molar-refractivity contribution is 14.0. The van der Waals surface area contributed by atoms with Gasteiger partial charge < -0.3 is 15.5 Å². The fourth-order valence-corrected chi connectivity index (χ4v) is 3.46. The summed E-state index contributed by atoms with van der Waals surface area (Å²) < 4.78 is 13.5. The van der Waals surface area contributed by atoms with E-state index in [2.05, 4.69) is 34.6 Å². The van der Waals surface area contributed by atoms with Gasteiger partial charge >= 0.3 is 0 Å². The second-order valence-electron chi connectivity index (χ2n) is 7.47. The number of benzene rings is 1. The minimum absolute atomic E-state index is 0. The van der Waals surface area contributed by atoms with Gasteiger partial charge in [-0.05, 0) is 63.4 Å². The van der Waals surface area contributed by atoms with Crippen molar-refractivity contribution in [1.29, 1.82) is 0 Å². The Hall–Kier alpha value is -0.890. The Kier molecular flexibility index (Phi) is 7.08. The average molecular weight is 460 g/mol. The highest BCUT2D eigenvalue weighted by Crippen LogP contribution is 2.47. The molecular weight excluding hydrogens is 430 g/mol. The van der Waals surface area contributed by atoms with Crippen molar-refractivity contribution in [3.8, 4) is 0 Å². The van der Waals surface area contributed by atoms with Crippen LogP contribution in [0.4, 0.5) is 4.39 Å². The minimum atomic E-state index is -0.153. The predicted molar refractivity (Wildman–Crippen MR) is 112 cm³/mol. The molecule has 0 aromatic heterocycles. The highest BCUT2D eigenvalue weighted by atomic mass is 127. The normalized spacial score (nSPS) is 20.0. The van der Waals surface area contributed by atoms with E-state index in [0.717, 1.165) is 43.4 Å². The van der Waals surface area contributed by atoms with Crippen LogP contribution in [0.25, 0.3) is 0 Å². The Morgan fingerprint density at radius 1 is 1.32 bits per heavy atom. The molecule has 0 amide bonds. The molecule has 1 aromatic rings. The van der Waals surface area contributed by atoms with Gasteiger partial charge in [0.2, 0.25) is 0 Å². The van der Waals surface area contributed by atoms with Gasteiger partial charge in [0, 0.05) is 31.6 Å². The first-order valence-corrected chi connectivity index (χ1v) is 8.91. The number of nitrogens with zero attached hydrogens (tertiary/aromatic N) is 2. The van der Waals surface area contributed by atoms with Gasteiger partial charge in [-0.15, -0.1) is 24.0 Å². The molecule has 1 aromatic carbocycles. The third-order valence-corrected chi connectivity index (χ3v) is 5.42. The SMILES string of the molecule is CN=C(NCC(C1CC1)N(C)C)NCC1(c2cccc(F)c2)CC1.I. The second-order valence-corrected chi connectivity index (χ2v) is 7.47. The standard InChI is InChI=1S/C19H29FN4.HI/c1-21-18(22-12-17(24(2)3)14-7-8-14)23-13-19(9-10-19)15-5-4-6-16(20)11-15;/h4-6,11,14,17H,7-10,12-13H2,1-3H3,(H2,21,22,23);1H. The van der Waals surface area contributed by atoms with Crippen LogP contribution < -0.4 is 10.6 Å². The molecule has 2 N–H and O–H groups in total. The molecule has 1 atom stereocenters. The van der Waals surface area contributed by atoms with E-state index in [9.17, 15) is 4.39 Å². The third-order valence-electron chi connectivity index (χ3n) is 5.42. The van der Waals surface area contributed by atoms with E-state index >= 15 is 0 Å². The summed E-state index contributed by atoms with van der Waals surface area (Å²) in [7, 11) is 6.09. The van der Waals surface area contributed by atoms with Crippen LogP contribution in [0.15, 0.2) is 29.3 Å². The lowest BCUT2D eigenvalue weighted by Gasteiger charge is -2.26. The second kappa shape index (κ2) is 8.66. The van der Waals surface area contributed by atoms with Gasteiger partial charge in [-0.2, -0.15) is 0 Å². The average Bonchev–Trinajstić information content (AvgIpc) is 3.45. The van der Waals surface area contributed by atoms with Crippen LogP contribution in [-0.4, -0.2) is 51.1 Å². The zero-order valence-electron chi connectivity index (χ0n) is 15.4. The summed E-state index contributed by atoms with van der Waals surface area (Å²) in [5.41, 5.74) is 1.16. The maximum Gasteiger partial charge on any atom is 0.191 e. The smallest absolute Gasteiger partial charge is 0.191 e. The highest BCUT2D eigenvalue weighted by Gasteiger charge is 2.44. The van der Waals surface area contributed by atoms with Gasteiger partial charge in [-0.25, -0.2) is 4.39 Å². The van der Waals surface area contributed by atoms with Gasteiger partial charge in [-0.3, -0.25) is 4.99 Å². The van der Waals surface area contributed by atoms with Crippen molar-refractivity contribution in [3.63, 3.8) is 0 Å². The quantitative estimate of drug-likeness (QED) is 0.374. The van der Waals surface area contributed by atoms with Crippen molar-refractivity contribution < 1.29 is 4.39 Å². The fourth-order valence-electron chi connectivity index (χ4n) is 3.46. The number of nitrogens with one attached hydrogen (secondary N) is 2. The van der Waals surface area contributed by atoms with Crippen LogP contribution >= 0.6 is 24.0 Å². The van der Waals surface area contributed by atoms with Crippen molar-refractivity contribution in [2.75, 3.05) is 34.2 Å². The lowest BCUT2D eigenvalue weighted by atomic mass is 9.96. The summed E-state index contributed by atoms with van der Waals surface area (Å²) in [6.45, 7) is 1.70. The molecule has 0 saturated heterocycles. The number of likely N-dealkylation sites (N-methyl/N-ethyl adjacent to an activating group) is 1. The van der Waals surface area contributed by atoms with Crippen LogP contribution in [-0.2, 0) is 5.41 Å². The van der Waals surface area contributed by atoms with Gasteiger partial charge in [0.25, 0.3) is 0 Å². The van der Waals surface area contributed by atoms with E-state index in [1.54, 1.807) is 19.2 Å². The first-order chi connectivity index (χ1) is 11.5. The van der Waals surface area contributed by atoms with E-state index in [-0.39, 0.29) is 35.2 Å². The lowest BCUT2D eigenvalue weighted by molar-refractivity contribution is 0.264. The maximum absolute atomic E-state index is 13.5. The zero-order chi connectivity index (χ0) is 17.2. The molecule has 3 rings (SSSR count). The predicted octanol–water partition coefficient (Wildman–Crippen LogP) is 2.98. The van der Waals surface area contributed by atoms with Crippen molar-refractivity contribution in [1.82, 2.24) is 15.5 Å². The molecule has 4 nitrogen and oxygen atoms in total. The van der Waals surface area contributed by atoms with E-state index < -0.39 is 0 Å². The number of aliphatic imine (C=N–C) groups is 1. The van der Waals surface area contributed by atoms with E-state index in [1.165, 1.54) is 18.9 Å². The zero-order valence-corrected chi connectivity index (χ0v) is 17.7. The van der Waals surface area contributed by atoms with Crippen molar-refractivity contribution >= 4 is 29.9 Å². The molecule has 25 heavy (non-hydrogen) atoms. The Morgan fingerprint density at radius 2 is 2.04 bits per heavy atom. The molecule has 140 valence electrons. The lowest BCUT2D eigenvalue weighted by Crippen LogP contribution is -2.47. The van der Waals surface area contributed by atoms with Crippen LogP contribution in [0.1, 0.15) is 31.2 Å². The first-order valence-electron chi connectivity index (χ1n) is 8.91. The molecule has 6 heteroatoms. The van der Waals surface area contributed by atoms with E-state index in [4.69, 9.17) is 0 Å². The topological polar surface area (TPSA) is 39.7 Å². The summed E-state index contributed by atoms with van der Waals surface area (Å²) >= 11 is 0. The van der Waals surface area contributed by atoms with Gasteiger partial charge in [0.1, 0.15) is 5.82 Å². The summed E-state index contributed by atoms with van der Waals surface area (Å²) in [6, 6.07) is 7.56. The number of halogens is 2. The minimum Gasteiger partial charge on any atom is -0.356 e. The molecule has 0 spiro atoms. The van der Waals surface area contributed by atoms with Crippen molar-refractivity contribution in [2.45, 2.75) is 37.1 Å². The van der Waals surface area contributed by atoms with Crippen LogP contribution in [0, 0.1) is 11.7 Å². The monoisotopic (exact) mass is 460 g/mol. The molecule has 0 radical (unpaired) electrons. The van der Waals surface area contributed by atoms with E-state index in [1.807, 2.05) is 6.07 Å². The molecule has 2 fully saturated rings. The number of rotatable bonds is 7. The molecule has 1 unspecified atom stereocenters. The number of guanidine groups is 1. The summed E-state index contributed by atoms with van der Waals surface area (Å²) in [4.78, 5) is 6.64. The van der Waals surface area contributed by atoms with Crippen LogP contribution in [0.2, 0.25) is 0 Å².